The van der Waals surface area contributed by atoms with Gasteiger partial charge in [0.25, 0.3) is 11.1 Å². The lowest BCUT2D eigenvalue weighted by atomic mass is 10.2. The molecule has 0 aliphatic heterocycles. The molecular weight excluding hydrogens is 933 g/mol. The van der Waals surface area contributed by atoms with Crippen molar-refractivity contribution in [2.45, 2.75) is 67.2 Å². The van der Waals surface area contributed by atoms with Gasteiger partial charge < -0.3 is 38.4 Å². The summed E-state index contributed by atoms with van der Waals surface area (Å²) in [6.45, 7) is 13.8. The fraction of sp³-hybridized carbons (Fsp3) is 0.300. The standard InChI is InChI=1S/C60H66N6O8/c1-9-11-23-71-53-21-19-45-27-47(53)59(67)65-51-30-52(58(74-38-40(5)6)32-57(51)73-37-39(3)4)66-60(68)48-28-46(20-22-54(48)72-24-12-10-2)62-34-42-16-14-18-44(26-42)36-64-50-29-49(55(69-7)31-56(50)70-8)63-35-43-17-13-15-41(25-43)33-61-45/h13-22,25-36,39-40H,9-12,23-24,37-38H2,1-8H3,(H,65,67)(H,66,68). The first kappa shape index (κ1) is 53.5. The zero-order valence-corrected chi connectivity index (χ0v) is 43.6. The van der Waals surface area contributed by atoms with Gasteiger partial charge in [-0.05, 0) is 107 Å². The van der Waals surface area contributed by atoms with Crippen LogP contribution in [0.3, 0.4) is 0 Å². The summed E-state index contributed by atoms with van der Waals surface area (Å²) in [7, 11) is 3.16. The molecule has 12 bridgehead atoms. The summed E-state index contributed by atoms with van der Waals surface area (Å²) < 4.78 is 36.6. The smallest absolute Gasteiger partial charge is 0.259 e. The summed E-state index contributed by atoms with van der Waals surface area (Å²) in [5.41, 5.74) is 1.80. The Balaban J connectivity index is 1.59. The van der Waals surface area contributed by atoms with Gasteiger partial charge in [0, 0.05) is 36.9 Å². The second-order valence-electron chi connectivity index (χ2n) is 18.5. The Morgan fingerprint density at radius 3 is 1.24 bits per heavy atom. The van der Waals surface area contributed by atoms with Gasteiger partial charge in [-0.3, -0.25) is 29.5 Å². The molecule has 0 radical (unpaired) electrons. The molecule has 0 aliphatic carbocycles. The number of benzene rings is 6. The van der Waals surface area contributed by atoms with E-state index < -0.39 is 11.1 Å². The van der Waals surface area contributed by atoms with Crippen LogP contribution in [0.1, 0.15) is 67.2 Å². The van der Waals surface area contributed by atoms with Gasteiger partial charge in [0.05, 0.1) is 73.5 Å². The fourth-order valence-electron chi connectivity index (χ4n) is 7.44. The molecule has 14 heteroatoms. The zero-order chi connectivity index (χ0) is 52.4. The van der Waals surface area contributed by atoms with Gasteiger partial charge in [0.15, 0.2) is 0 Å². The molecule has 0 unspecified atom stereocenters. The number of nitrogens with zero attached hydrogens (tertiary/aromatic N) is 4. The first-order chi connectivity index (χ1) is 35.9. The van der Waals surface area contributed by atoms with Gasteiger partial charge in [-0.15, -0.1) is 0 Å². The van der Waals surface area contributed by atoms with Crippen LogP contribution in [0.15, 0.2) is 144 Å². The molecule has 0 fully saturated rings. The van der Waals surface area contributed by atoms with E-state index in [2.05, 4.69) is 23.8 Å². The van der Waals surface area contributed by atoms with Gasteiger partial charge in [-0.2, -0.15) is 0 Å². The van der Waals surface area contributed by atoms with Crippen LogP contribution in [0.4, 0.5) is 0 Å². The Bertz CT molecular complexity index is 3330. The summed E-state index contributed by atoms with van der Waals surface area (Å²) in [5, 5.41) is 3.74. The number of unbranched alkanes of at least 4 members (excludes halogenated alkanes) is 2. The van der Waals surface area contributed by atoms with Gasteiger partial charge in [-0.25, -0.2) is 0 Å². The summed E-state index contributed by atoms with van der Waals surface area (Å²) in [6.07, 6.45) is 10.4. The first-order valence-electron chi connectivity index (χ1n) is 25.2. The Morgan fingerprint density at radius 2 is 0.851 bits per heavy atom. The number of aromatic amines is 2. The highest BCUT2D eigenvalue weighted by Crippen LogP contribution is 2.31. The van der Waals surface area contributed by atoms with Crippen molar-refractivity contribution in [2.24, 2.45) is 11.8 Å². The van der Waals surface area contributed by atoms with Crippen LogP contribution in [-0.4, -0.2) is 70.6 Å². The molecule has 1 heterocycles. The number of nitrogens with one attached hydrogen (secondary N) is 2. The normalized spacial score (nSPS) is 10.9. The second kappa shape index (κ2) is 26.4. The molecule has 384 valence electrons. The summed E-state index contributed by atoms with van der Waals surface area (Å²) in [6, 6.07) is 32.9. The van der Waals surface area contributed by atoms with Crippen LogP contribution in [0, 0.1) is 11.8 Å². The first-order valence-corrected chi connectivity index (χ1v) is 25.2. The quantitative estimate of drug-likeness (QED) is 0.0879. The molecule has 0 atom stereocenters. The minimum absolute atomic E-state index is 0.156. The average molecular weight is 999 g/mol. The van der Waals surface area contributed by atoms with Gasteiger partial charge in [0.1, 0.15) is 45.5 Å². The van der Waals surface area contributed by atoms with Crippen LogP contribution in [-0.2, 0) is 0 Å². The number of aromatic nitrogens is 6. The van der Waals surface area contributed by atoms with Gasteiger partial charge >= 0.3 is 0 Å². The maximum Gasteiger partial charge on any atom is 0.259 e. The van der Waals surface area contributed by atoms with Crippen molar-refractivity contribution >= 4 is 65.4 Å². The number of methoxy groups -OCH3 is 2. The number of fused-ring (bicyclic) bond motifs is 12. The third kappa shape index (κ3) is 14.9. The molecule has 0 spiro atoms. The van der Waals surface area contributed by atoms with Crippen molar-refractivity contribution in [3.63, 3.8) is 0 Å². The van der Waals surface area contributed by atoms with Crippen molar-refractivity contribution < 1.29 is 28.4 Å². The fourth-order valence-corrected chi connectivity index (χ4v) is 7.44. The Labute approximate surface area is 431 Å². The Kier molecular flexibility index (Phi) is 19.1. The number of rotatable bonds is 16. The molecule has 0 saturated heterocycles. The molecule has 14 nitrogen and oxygen atoms in total. The number of H-pyrrole nitrogens is 2. The predicted octanol–water partition coefficient (Wildman–Crippen LogP) is 13.1. The summed E-state index contributed by atoms with van der Waals surface area (Å²) >= 11 is 0. The van der Waals surface area contributed by atoms with E-state index in [1.807, 2.05) is 94.4 Å². The molecule has 0 amide bonds. The summed E-state index contributed by atoms with van der Waals surface area (Å²) in [5.74, 6) is 2.84. The minimum Gasteiger partial charge on any atom is -0.494 e. The molecule has 2 N–H and O–H groups in total. The zero-order valence-electron chi connectivity index (χ0n) is 43.6. The topological polar surface area (TPSA) is 173 Å². The van der Waals surface area contributed by atoms with Crippen LogP contribution in [0.5, 0.6) is 34.5 Å². The Hall–Kier alpha value is -8.26. The molecule has 0 aliphatic rings. The lowest BCUT2D eigenvalue weighted by Gasteiger charge is -2.14. The molecule has 7 rings (SSSR count). The Morgan fingerprint density at radius 1 is 0.446 bits per heavy atom. The van der Waals surface area contributed by atoms with E-state index in [-0.39, 0.29) is 22.6 Å². The van der Waals surface area contributed by atoms with Crippen molar-refractivity contribution in [1.29, 1.82) is 0 Å². The number of hydrogen-bond donors (Lipinski definition) is 2. The average Bonchev–Trinajstić information content (AvgIpc) is 3.40. The molecule has 7 aromatic rings. The van der Waals surface area contributed by atoms with Crippen molar-refractivity contribution in [3.8, 4) is 34.5 Å². The molecule has 1 aromatic heterocycles. The minimum atomic E-state index is -0.473. The van der Waals surface area contributed by atoms with E-state index in [9.17, 15) is 9.59 Å². The van der Waals surface area contributed by atoms with Crippen molar-refractivity contribution in [2.75, 3.05) is 40.6 Å². The van der Waals surface area contributed by atoms with E-state index in [1.165, 1.54) is 0 Å². The highest BCUT2D eigenvalue weighted by Gasteiger charge is 2.12. The van der Waals surface area contributed by atoms with E-state index in [0.717, 1.165) is 47.2 Å². The lowest BCUT2D eigenvalue weighted by molar-refractivity contribution is 0.261. The van der Waals surface area contributed by atoms with Crippen LogP contribution < -0.4 is 39.5 Å². The largest absolute Gasteiger partial charge is 0.494 e. The maximum absolute atomic E-state index is 14.7. The van der Waals surface area contributed by atoms with E-state index in [0.29, 0.717) is 94.0 Å². The van der Waals surface area contributed by atoms with E-state index in [1.54, 1.807) is 81.5 Å². The lowest BCUT2D eigenvalue weighted by Crippen LogP contribution is -2.11. The highest BCUT2D eigenvalue weighted by atomic mass is 16.5. The van der Waals surface area contributed by atoms with E-state index >= 15 is 0 Å². The molecule has 6 aromatic carbocycles. The van der Waals surface area contributed by atoms with Gasteiger partial charge in [0.2, 0.25) is 0 Å². The second-order valence-corrected chi connectivity index (χ2v) is 18.5. The summed E-state index contributed by atoms with van der Waals surface area (Å²) in [4.78, 5) is 54.8. The third-order valence-electron chi connectivity index (χ3n) is 11.4. The molecule has 74 heavy (non-hydrogen) atoms. The monoisotopic (exact) mass is 998 g/mol. The van der Waals surface area contributed by atoms with Crippen LogP contribution in [0.2, 0.25) is 0 Å². The predicted molar refractivity (Wildman–Crippen MR) is 298 cm³/mol. The van der Waals surface area contributed by atoms with E-state index in [4.69, 9.17) is 48.4 Å². The van der Waals surface area contributed by atoms with Gasteiger partial charge in [-0.1, -0.05) is 90.8 Å². The number of hydrogen-bond acceptors (Lipinski definition) is 12. The highest BCUT2D eigenvalue weighted by molar-refractivity contribution is 5.78. The third-order valence-corrected chi connectivity index (χ3v) is 11.4. The maximum atomic E-state index is 14.7. The molecular formula is C60H66N6O8. The molecule has 0 saturated carbocycles. The van der Waals surface area contributed by atoms with Crippen molar-refractivity contribution in [1.82, 2.24) is 29.9 Å². The van der Waals surface area contributed by atoms with Crippen molar-refractivity contribution in [3.05, 3.63) is 155 Å². The van der Waals surface area contributed by atoms with Crippen LogP contribution in [0.25, 0.3) is 65.4 Å². The number of ether oxygens (including phenoxy) is 6. The van der Waals surface area contributed by atoms with Crippen LogP contribution >= 0.6 is 0 Å². The SMILES string of the molecule is CCCCOc1ccc2cc1c(=O)[nH]c1cc([nH]c(=O)c3cc(ccc3OCCCC)ncc3cccc(cnc4cc(ncc5cccc(cn2)c5)c(OC)cc4OC)c3)c(OCC(C)C)cc1OCC(C)C.